The molecule has 0 saturated carbocycles. The molecule has 1 N–H and O–H groups in total. The molecule has 0 bridgehead atoms. The topological polar surface area (TPSA) is 68.5 Å². The molecule has 6 nitrogen and oxygen atoms in total. The van der Waals surface area contributed by atoms with Crippen molar-refractivity contribution in [2.45, 2.75) is 6.92 Å². The van der Waals surface area contributed by atoms with Crippen LogP contribution in [-0.4, -0.2) is 27.6 Å². The van der Waals surface area contributed by atoms with Crippen molar-refractivity contribution in [1.82, 2.24) is 14.6 Å². The molecule has 140 valence electrons. The van der Waals surface area contributed by atoms with E-state index in [4.69, 9.17) is 4.74 Å². The average molecular weight is 484 g/mol. The monoisotopic (exact) mass is 484 g/mol. The van der Waals surface area contributed by atoms with Crippen LogP contribution < -0.4 is 10.1 Å². The highest BCUT2D eigenvalue weighted by atomic mass is 127. The van der Waals surface area contributed by atoms with Crippen LogP contribution in [0.2, 0.25) is 0 Å². The molecule has 0 saturated heterocycles. The van der Waals surface area contributed by atoms with Gasteiger partial charge in [-0.3, -0.25) is 9.20 Å². The molecule has 2 aromatic heterocycles. The second-order valence-electron chi connectivity index (χ2n) is 6.28. The number of fused-ring (bicyclic) bond motifs is 1. The molecule has 0 unspecified atom stereocenters. The van der Waals surface area contributed by atoms with Crippen molar-refractivity contribution in [2.75, 3.05) is 12.4 Å². The number of aromatic nitrogens is 3. The summed E-state index contributed by atoms with van der Waals surface area (Å²) < 4.78 is 8.14. The van der Waals surface area contributed by atoms with Gasteiger partial charge in [0.2, 0.25) is 0 Å². The third kappa shape index (κ3) is 3.45. The molecule has 0 spiro atoms. The normalized spacial score (nSPS) is 10.8. The van der Waals surface area contributed by atoms with E-state index in [2.05, 4.69) is 38.1 Å². The number of methoxy groups -OCH3 is 1. The Hall–Kier alpha value is -2.94. The van der Waals surface area contributed by atoms with Crippen LogP contribution >= 0.6 is 22.6 Å². The molecule has 7 heteroatoms. The fourth-order valence-corrected chi connectivity index (χ4v) is 3.63. The number of hydrogen-bond donors (Lipinski definition) is 1. The molecule has 0 aliphatic carbocycles. The van der Waals surface area contributed by atoms with Gasteiger partial charge < -0.3 is 10.1 Å². The molecular weight excluding hydrogens is 467 g/mol. The number of carbonyl (C=O) groups is 1. The molecule has 0 radical (unpaired) electrons. The van der Waals surface area contributed by atoms with Crippen molar-refractivity contribution in [2.24, 2.45) is 0 Å². The van der Waals surface area contributed by atoms with Gasteiger partial charge >= 0.3 is 0 Å². The summed E-state index contributed by atoms with van der Waals surface area (Å²) in [5.41, 5.74) is 3.65. The van der Waals surface area contributed by atoms with Gasteiger partial charge in [0.1, 0.15) is 5.75 Å². The number of nitrogens with zero attached hydrogens (tertiary/aromatic N) is 3. The summed E-state index contributed by atoms with van der Waals surface area (Å²) in [4.78, 5) is 12.9. The lowest BCUT2D eigenvalue weighted by Gasteiger charge is -2.09. The molecule has 4 aromatic rings. The van der Waals surface area contributed by atoms with E-state index in [9.17, 15) is 4.79 Å². The lowest BCUT2D eigenvalue weighted by atomic mass is 10.1. The van der Waals surface area contributed by atoms with Crippen LogP contribution in [-0.2, 0) is 0 Å². The number of halogens is 1. The number of pyridine rings is 1. The number of nitrogens with one attached hydrogen (secondary N) is 1. The fraction of sp³-hybridized carbons (Fsp3) is 0.0952. The quantitative estimate of drug-likeness (QED) is 0.431. The van der Waals surface area contributed by atoms with E-state index < -0.39 is 0 Å². The number of carbonyl (C=O) groups excluding carboxylic acids is 1. The zero-order valence-corrected chi connectivity index (χ0v) is 17.5. The maximum atomic E-state index is 12.9. The number of anilines is 1. The Bertz CT molecular complexity index is 1170. The van der Waals surface area contributed by atoms with Gasteiger partial charge in [0, 0.05) is 21.0 Å². The van der Waals surface area contributed by atoms with E-state index in [-0.39, 0.29) is 5.91 Å². The third-order valence-electron chi connectivity index (χ3n) is 4.46. The fourth-order valence-electron chi connectivity index (χ4n) is 2.99. The summed E-state index contributed by atoms with van der Waals surface area (Å²) in [5.74, 6) is 1.21. The van der Waals surface area contributed by atoms with E-state index in [1.54, 1.807) is 13.2 Å². The van der Waals surface area contributed by atoms with Gasteiger partial charge in [-0.2, -0.15) is 0 Å². The predicted octanol–water partition coefficient (Wildman–Crippen LogP) is 4.57. The van der Waals surface area contributed by atoms with Gasteiger partial charge in [-0.15, -0.1) is 10.2 Å². The number of amides is 1. The van der Waals surface area contributed by atoms with Crippen LogP contribution in [0.3, 0.4) is 0 Å². The summed E-state index contributed by atoms with van der Waals surface area (Å²) >= 11 is 2.25. The molecule has 0 aliphatic rings. The highest BCUT2D eigenvalue weighted by Gasteiger charge is 2.16. The Morgan fingerprint density at radius 3 is 2.61 bits per heavy atom. The van der Waals surface area contributed by atoms with Crippen molar-refractivity contribution in [3.63, 3.8) is 0 Å². The van der Waals surface area contributed by atoms with Gasteiger partial charge in [-0.05, 0) is 89.7 Å². The number of ether oxygens (including phenoxy) is 1. The van der Waals surface area contributed by atoms with Crippen LogP contribution in [0.4, 0.5) is 5.69 Å². The number of aryl methyl sites for hydroxylation is 1. The molecule has 2 aromatic carbocycles. The zero-order chi connectivity index (χ0) is 19.7. The van der Waals surface area contributed by atoms with Crippen molar-refractivity contribution < 1.29 is 9.53 Å². The largest absolute Gasteiger partial charge is 0.497 e. The van der Waals surface area contributed by atoms with Crippen molar-refractivity contribution in [3.05, 3.63) is 75.5 Å². The highest BCUT2D eigenvalue weighted by molar-refractivity contribution is 14.1. The third-order valence-corrected chi connectivity index (χ3v) is 5.14. The smallest absolute Gasteiger partial charge is 0.259 e. The molecule has 0 atom stereocenters. The lowest BCUT2D eigenvalue weighted by molar-refractivity contribution is 0.102. The maximum Gasteiger partial charge on any atom is 0.259 e. The number of benzene rings is 2. The summed E-state index contributed by atoms with van der Waals surface area (Å²) in [6.45, 7) is 1.97. The lowest BCUT2D eigenvalue weighted by Crippen LogP contribution is -2.14. The predicted molar refractivity (Wildman–Crippen MR) is 117 cm³/mol. The van der Waals surface area contributed by atoms with E-state index in [0.717, 1.165) is 26.1 Å². The first-order chi connectivity index (χ1) is 13.6. The van der Waals surface area contributed by atoms with Gasteiger partial charge in [-0.1, -0.05) is 0 Å². The van der Waals surface area contributed by atoms with Gasteiger partial charge in [0.05, 0.1) is 12.7 Å². The first kappa shape index (κ1) is 18.4. The average Bonchev–Trinajstić information content (AvgIpc) is 3.14. The standard InChI is InChI=1S/C21H17IN4O2/c1-13-12-15(22)7-10-18(13)23-21(27)17-4-3-11-26-19(24-25-20(17)26)14-5-8-16(28-2)9-6-14/h3-12H,1-2H3,(H,23,27). The Labute approximate surface area is 175 Å². The minimum Gasteiger partial charge on any atom is -0.497 e. The van der Waals surface area contributed by atoms with Crippen LogP contribution in [0, 0.1) is 10.5 Å². The molecule has 2 heterocycles. The van der Waals surface area contributed by atoms with Crippen LogP contribution in [0.5, 0.6) is 5.75 Å². The maximum absolute atomic E-state index is 12.9. The molecular formula is C21H17IN4O2. The van der Waals surface area contributed by atoms with Gasteiger partial charge in [-0.25, -0.2) is 0 Å². The second-order valence-corrected chi connectivity index (χ2v) is 7.53. The number of rotatable bonds is 4. The van der Waals surface area contributed by atoms with Gasteiger partial charge in [0.25, 0.3) is 5.91 Å². The molecule has 0 fully saturated rings. The highest BCUT2D eigenvalue weighted by Crippen LogP contribution is 2.24. The van der Waals surface area contributed by atoms with Crippen LogP contribution in [0.15, 0.2) is 60.8 Å². The summed E-state index contributed by atoms with van der Waals surface area (Å²) in [6, 6.07) is 17.0. The van der Waals surface area contributed by atoms with Crippen molar-refractivity contribution >= 4 is 39.8 Å². The molecule has 1 amide bonds. The first-order valence-corrected chi connectivity index (χ1v) is 9.70. The minimum atomic E-state index is -0.219. The SMILES string of the molecule is COc1ccc(-c2nnc3c(C(=O)Nc4ccc(I)cc4C)cccn23)cc1. The minimum absolute atomic E-state index is 0.219. The zero-order valence-electron chi connectivity index (χ0n) is 15.3. The first-order valence-electron chi connectivity index (χ1n) is 8.62. The Morgan fingerprint density at radius 2 is 1.89 bits per heavy atom. The molecule has 4 rings (SSSR count). The Kier molecular flexibility index (Phi) is 4.99. The second kappa shape index (κ2) is 7.59. The van der Waals surface area contributed by atoms with Crippen LogP contribution in [0.25, 0.3) is 17.0 Å². The molecule has 28 heavy (non-hydrogen) atoms. The van der Waals surface area contributed by atoms with Gasteiger partial charge in [0.15, 0.2) is 11.5 Å². The van der Waals surface area contributed by atoms with E-state index in [0.29, 0.717) is 17.0 Å². The number of hydrogen-bond acceptors (Lipinski definition) is 4. The Balaban J connectivity index is 1.70. The summed E-state index contributed by atoms with van der Waals surface area (Å²) in [6.07, 6.45) is 1.85. The summed E-state index contributed by atoms with van der Waals surface area (Å²) in [5, 5.41) is 11.5. The Morgan fingerprint density at radius 1 is 1.11 bits per heavy atom. The van der Waals surface area contributed by atoms with E-state index in [1.807, 2.05) is 66.1 Å². The van der Waals surface area contributed by atoms with Crippen LogP contribution in [0.1, 0.15) is 15.9 Å². The van der Waals surface area contributed by atoms with Crippen molar-refractivity contribution in [1.29, 1.82) is 0 Å². The summed E-state index contributed by atoms with van der Waals surface area (Å²) in [7, 11) is 1.63. The van der Waals surface area contributed by atoms with E-state index >= 15 is 0 Å². The molecule has 0 aliphatic heterocycles. The van der Waals surface area contributed by atoms with E-state index in [1.165, 1.54) is 0 Å². The van der Waals surface area contributed by atoms with Crippen molar-refractivity contribution in [3.8, 4) is 17.1 Å².